The summed E-state index contributed by atoms with van der Waals surface area (Å²) < 4.78 is 0. The smallest absolute Gasteiger partial charge is 0.229 e. The number of carbonyl (C=O) groups is 2. The summed E-state index contributed by atoms with van der Waals surface area (Å²) >= 11 is 0. The number of likely N-dealkylation sites (tertiary alicyclic amines) is 1. The summed E-state index contributed by atoms with van der Waals surface area (Å²) in [5.74, 6) is 0.221. The minimum absolute atomic E-state index is 0.0641. The molecule has 0 bridgehead atoms. The summed E-state index contributed by atoms with van der Waals surface area (Å²) in [5, 5.41) is 2.86. The number of hydrogen-bond acceptors (Lipinski definition) is 2. The van der Waals surface area contributed by atoms with E-state index in [1.165, 1.54) is 0 Å². The second-order valence-corrected chi connectivity index (χ2v) is 5.45. The van der Waals surface area contributed by atoms with Gasteiger partial charge in [-0.05, 0) is 18.1 Å². The Morgan fingerprint density at radius 1 is 1.37 bits per heavy atom. The van der Waals surface area contributed by atoms with Crippen LogP contribution in [0.4, 0.5) is 5.69 Å². The number of nitrogens with one attached hydrogen (secondary N) is 1. The average Bonchev–Trinajstić information content (AvgIpc) is 2.71. The lowest BCUT2D eigenvalue weighted by molar-refractivity contribution is -0.128. The molecule has 102 valence electrons. The molecule has 4 heteroatoms. The zero-order valence-corrected chi connectivity index (χ0v) is 11.4. The molecular weight excluding hydrogens is 240 g/mol. The number of anilines is 1. The Morgan fingerprint density at radius 2 is 2.05 bits per heavy atom. The lowest BCUT2D eigenvalue weighted by atomic mass is 10.1. The van der Waals surface area contributed by atoms with E-state index in [-0.39, 0.29) is 17.7 Å². The highest BCUT2D eigenvalue weighted by atomic mass is 16.2. The Morgan fingerprint density at radius 3 is 2.68 bits per heavy atom. The number of nitrogens with zero attached hydrogens (tertiary/aromatic N) is 1. The fourth-order valence-electron chi connectivity index (χ4n) is 2.33. The van der Waals surface area contributed by atoms with E-state index in [1.807, 2.05) is 30.3 Å². The molecule has 0 radical (unpaired) electrons. The summed E-state index contributed by atoms with van der Waals surface area (Å²) in [4.78, 5) is 25.7. The van der Waals surface area contributed by atoms with E-state index in [9.17, 15) is 9.59 Å². The van der Waals surface area contributed by atoms with Crippen LogP contribution in [0, 0.1) is 11.8 Å². The molecule has 0 aromatic heterocycles. The minimum Gasteiger partial charge on any atom is -0.342 e. The van der Waals surface area contributed by atoms with E-state index < -0.39 is 0 Å². The third-order valence-electron chi connectivity index (χ3n) is 3.21. The summed E-state index contributed by atoms with van der Waals surface area (Å²) in [6, 6.07) is 9.35. The van der Waals surface area contributed by atoms with Crippen LogP contribution in [0.25, 0.3) is 0 Å². The Kier molecular flexibility index (Phi) is 4.20. The first-order chi connectivity index (χ1) is 9.06. The molecule has 1 aliphatic rings. The molecule has 1 N–H and O–H groups in total. The van der Waals surface area contributed by atoms with Gasteiger partial charge in [0.15, 0.2) is 0 Å². The second-order valence-electron chi connectivity index (χ2n) is 5.45. The van der Waals surface area contributed by atoms with Gasteiger partial charge in [0.1, 0.15) is 0 Å². The zero-order valence-electron chi connectivity index (χ0n) is 11.4. The zero-order chi connectivity index (χ0) is 13.8. The average molecular weight is 260 g/mol. The Hall–Kier alpha value is -1.84. The van der Waals surface area contributed by atoms with Crippen molar-refractivity contribution in [3.05, 3.63) is 30.3 Å². The molecule has 1 unspecified atom stereocenters. The predicted molar refractivity (Wildman–Crippen MR) is 74.6 cm³/mol. The quantitative estimate of drug-likeness (QED) is 0.901. The maximum Gasteiger partial charge on any atom is 0.229 e. The van der Waals surface area contributed by atoms with Crippen molar-refractivity contribution in [2.24, 2.45) is 11.8 Å². The first-order valence-electron chi connectivity index (χ1n) is 6.70. The van der Waals surface area contributed by atoms with E-state index in [4.69, 9.17) is 0 Å². The largest absolute Gasteiger partial charge is 0.342 e. The number of benzene rings is 1. The topological polar surface area (TPSA) is 49.4 Å². The third-order valence-corrected chi connectivity index (χ3v) is 3.21. The van der Waals surface area contributed by atoms with Gasteiger partial charge in [-0.25, -0.2) is 0 Å². The molecule has 2 rings (SSSR count). The van der Waals surface area contributed by atoms with Gasteiger partial charge in [-0.3, -0.25) is 9.59 Å². The molecule has 1 saturated heterocycles. The molecule has 19 heavy (non-hydrogen) atoms. The van der Waals surface area contributed by atoms with Crippen LogP contribution in [-0.4, -0.2) is 29.8 Å². The minimum atomic E-state index is -0.230. The predicted octanol–water partition coefficient (Wildman–Crippen LogP) is 2.13. The first kappa shape index (κ1) is 13.6. The van der Waals surface area contributed by atoms with Crippen molar-refractivity contribution in [1.29, 1.82) is 0 Å². The fraction of sp³-hybridized carbons (Fsp3) is 0.467. The number of hydrogen-bond donors (Lipinski definition) is 1. The molecule has 2 amide bonds. The SMILES string of the molecule is CC(C)CN1CC(C(=O)Nc2ccccc2)CC1=O. The first-order valence-corrected chi connectivity index (χ1v) is 6.70. The van der Waals surface area contributed by atoms with Gasteiger partial charge in [-0.15, -0.1) is 0 Å². The molecule has 0 spiro atoms. The van der Waals surface area contributed by atoms with Gasteiger partial charge >= 0.3 is 0 Å². The normalized spacial score (nSPS) is 19.0. The van der Waals surface area contributed by atoms with Crippen LogP contribution in [0.2, 0.25) is 0 Å². The Bertz CT molecular complexity index is 456. The van der Waals surface area contributed by atoms with Crippen LogP contribution in [0.15, 0.2) is 30.3 Å². The van der Waals surface area contributed by atoms with Crippen molar-refractivity contribution in [1.82, 2.24) is 4.90 Å². The van der Waals surface area contributed by atoms with Gasteiger partial charge in [0, 0.05) is 25.2 Å². The van der Waals surface area contributed by atoms with Gasteiger partial charge in [-0.1, -0.05) is 32.0 Å². The highest BCUT2D eigenvalue weighted by molar-refractivity contribution is 5.97. The van der Waals surface area contributed by atoms with Crippen LogP contribution in [-0.2, 0) is 9.59 Å². The monoisotopic (exact) mass is 260 g/mol. The second kappa shape index (κ2) is 5.87. The Labute approximate surface area is 113 Å². The van der Waals surface area contributed by atoms with Crippen molar-refractivity contribution < 1.29 is 9.59 Å². The highest BCUT2D eigenvalue weighted by Gasteiger charge is 2.34. The van der Waals surface area contributed by atoms with Crippen LogP contribution >= 0.6 is 0 Å². The number of para-hydroxylation sites is 1. The summed E-state index contributed by atoms with van der Waals surface area (Å²) in [7, 11) is 0. The van der Waals surface area contributed by atoms with Crippen LogP contribution in [0.3, 0.4) is 0 Å². The molecule has 0 aliphatic carbocycles. The van der Waals surface area contributed by atoms with E-state index in [0.717, 1.165) is 12.2 Å². The molecule has 1 aromatic rings. The van der Waals surface area contributed by atoms with Crippen LogP contribution in [0.1, 0.15) is 20.3 Å². The summed E-state index contributed by atoms with van der Waals surface area (Å²) in [5.41, 5.74) is 0.780. The van der Waals surface area contributed by atoms with E-state index in [2.05, 4.69) is 19.2 Å². The van der Waals surface area contributed by atoms with E-state index in [0.29, 0.717) is 18.9 Å². The van der Waals surface area contributed by atoms with Gasteiger partial charge in [0.2, 0.25) is 11.8 Å². The standard InChI is InChI=1S/C15H20N2O2/c1-11(2)9-17-10-12(8-14(17)18)15(19)16-13-6-4-3-5-7-13/h3-7,11-12H,8-10H2,1-2H3,(H,16,19). The fourth-order valence-corrected chi connectivity index (χ4v) is 2.33. The van der Waals surface area contributed by atoms with Crippen LogP contribution < -0.4 is 5.32 Å². The lowest BCUT2D eigenvalue weighted by Gasteiger charge is -2.18. The van der Waals surface area contributed by atoms with E-state index >= 15 is 0 Å². The number of rotatable bonds is 4. The van der Waals surface area contributed by atoms with Gasteiger partial charge in [0.05, 0.1) is 5.92 Å². The molecule has 1 fully saturated rings. The lowest BCUT2D eigenvalue weighted by Crippen LogP contribution is -2.31. The van der Waals surface area contributed by atoms with E-state index in [1.54, 1.807) is 4.90 Å². The highest BCUT2D eigenvalue weighted by Crippen LogP contribution is 2.20. The molecule has 1 heterocycles. The molecule has 1 atom stereocenters. The van der Waals surface area contributed by atoms with Crippen LogP contribution in [0.5, 0.6) is 0 Å². The molecular formula is C15H20N2O2. The maximum absolute atomic E-state index is 12.1. The molecule has 4 nitrogen and oxygen atoms in total. The Balaban J connectivity index is 1.93. The van der Waals surface area contributed by atoms with Crippen molar-refractivity contribution in [3.8, 4) is 0 Å². The van der Waals surface area contributed by atoms with Crippen molar-refractivity contribution >= 4 is 17.5 Å². The maximum atomic E-state index is 12.1. The number of amides is 2. The number of carbonyl (C=O) groups excluding carboxylic acids is 2. The molecule has 1 aromatic carbocycles. The van der Waals surface area contributed by atoms with Crippen molar-refractivity contribution in [2.75, 3.05) is 18.4 Å². The van der Waals surface area contributed by atoms with Crippen molar-refractivity contribution in [3.63, 3.8) is 0 Å². The summed E-state index contributed by atoms with van der Waals surface area (Å²) in [6.07, 6.45) is 0.325. The van der Waals surface area contributed by atoms with Gasteiger partial charge in [0.25, 0.3) is 0 Å². The third kappa shape index (κ3) is 3.56. The van der Waals surface area contributed by atoms with Crippen molar-refractivity contribution in [2.45, 2.75) is 20.3 Å². The molecule has 0 saturated carbocycles. The molecule has 1 aliphatic heterocycles. The van der Waals surface area contributed by atoms with Gasteiger partial charge in [-0.2, -0.15) is 0 Å². The van der Waals surface area contributed by atoms with Gasteiger partial charge < -0.3 is 10.2 Å². The summed E-state index contributed by atoms with van der Waals surface area (Å²) in [6.45, 7) is 5.42.